The molecule has 0 fully saturated rings. The van der Waals surface area contributed by atoms with Gasteiger partial charge in [-0.05, 0) is 69.4 Å². The lowest BCUT2D eigenvalue weighted by atomic mass is 9.93. The predicted octanol–water partition coefficient (Wildman–Crippen LogP) is 5.96. The van der Waals surface area contributed by atoms with Gasteiger partial charge in [-0.15, -0.1) is 0 Å². The van der Waals surface area contributed by atoms with Crippen molar-refractivity contribution in [3.63, 3.8) is 0 Å². The molecule has 1 heterocycles. The van der Waals surface area contributed by atoms with E-state index < -0.39 is 0 Å². The minimum absolute atomic E-state index is 0.263. The molecule has 0 saturated heterocycles. The highest BCUT2D eigenvalue weighted by Crippen LogP contribution is 2.30. The largest absolute Gasteiger partial charge is 0.455 e. The Morgan fingerprint density at radius 2 is 1.71 bits per heavy atom. The average Bonchev–Trinajstić information content (AvgIpc) is 3.19. The van der Waals surface area contributed by atoms with Gasteiger partial charge in [-0.3, -0.25) is 9.59 Å². The van der Waals surface area contributed by atoms with Gasteiger partial charge in [0.1, 0.15) is 5.76 Å². The fraction of sp³-hybridized carbons (Fsp3) is 0.321. The van der Waals surface area contributed by atoms with E-state index in [2.05, 4.69) is 22.8 Å². The number of benzene rings is 2. The topological polar surface area (TPSA) is 83.7 Å². The number of nitrogens with zero attached hydrogens (tertiary/aromatic N) is 1. The highest BCUT2D eigenvalue weighted by molar-refractivity contribution is 6.09. The van der Waals surface area contributed by atoms with E-state index in [0.29, 0.717) is 17.7 Å². The molecule has 1 aliphatic rings. The number of fused-ring (bicyclic) bond motifs is 1. The van der Waals surface area contributed by atoms with Crippen LogP contribution in [0.4, 0.5) is 5.69 Å². The number of hydrogen-bond acceptors (Lipinski definition) is 4. The number of carbonyl (C=O) groups is 2. The standard InChI is InChI=1S/C28H31N3O3/c1-4-5-7-20-12-16-22(17-13-20)29-28(33)26-19(3)25-23(8-6-9-24(25)34-26)30-31-27(32)21-14-10-18(2)11-15-21/h10-17H,4-9H2,1-3H3,(H,29,33)(H,31,32)/b30-23+. The molecule has 4 rings (SSSR count). The van der Waals surface area contributed by atoms with Crippen LogP contribution in [-0.4, -0.2) is 17.5 Å². The Balaban J connectivity index is 1.49. The van der Waals surface area contributed by atoms with Crippen molar-refractivity contribution in [2.45, 2.75) is 59.3 Å². The first-order chi connectivity index (χ1) is 16.5. The average molecular weight is 458 g/mol. The molecule has 0 aliphatic heterocycles. The third kappa shape index (κ3) is 5.28. The molecule has 0 atom stereocenters. The number of carbonyl (C=O) groups excluding carboxylic acids is 2. The first-order valence-electron chi connectivity index (χ1n) is 11.9. The number of furan rings is 1. The number of nitrogens with one attached hydrogen (secondary N) is 2. The van der Waals surface area contributed by atoms with Gasteiger partial charge in [0.05, 0.1) is 5.71 Å². The summed E-state index contributed by atoms with van der Waals surface area (Å²) in [7, 11) is 0. The fourth-order valence-corrected chi connectivity index (χ4v) is 4.21. The molecular weight excluding hydrogens is 426 g/mol. The van der Waals surface area contributed by atoms with Crippen LogP contribution in [0.3, 0.4) is 0 Å². The van der Waals surface area contributed by atoms with Crippen LogP contribution in [0.15, 0.2) is 58.0 Å². The minimum Gasteiger partial charge on any atom is -0.455 e. The van der Waals surface area contributed by atoms with E-state index in [9.17, 15) is 9.59 Å². The molecule has 6 heteroatoms. The molecule has 34 heavy (non-hydrogen) atoms. The van der Waals surface area contributed by atoms with Gasteiger partial charge >= 0.3 is 0 Å². The van der Waals surface area contributed by atoms with Crippen molar-refractivity contribution in [3.05, 3.63) is 87.9 Å². The van der Waals surface area contributed by atoms with Crippen LogP contribution in [0.1, 0.15) is 81.5 Å². The predicted molar refractivity (Wildman–Crippen MR) is 135 cm³/mol. The summed E-state index contributed by atoms with van der Waals surface area (Å²) in [5.41, 5.74) is 8.61. The Morgan fingerprint density at radius 3 is 2.41 bits per heavy atom. The normalized spacial score (nSPS) is 14.0. The zero-order valence-electron chi connectivity index (χ0n) is 20.0. The van der Waals surface area contributed by atoms with Gasteiger partial charge in [0.2, 0.25) is 0 Å². The maximum atomic E-state index is 13.0. The highest BCUT2D eigenvalue weighted by atomic mass is 16.4. The van der Waals surface area contributed by atoms with Gasteiger partial charge in [-0.2, -0.15) is 5.10 Å². The minimum atomic E-state index is -0.281. The monoisotopic (exact) mass is 457 g/mol. The smallest absolute Gasteiger partial charge is 0.291 e. The lowest BCUT2D eigenvalue weighted by molar-refractivity contribution is 0.0953. The number of rotatable bonds is 7. The maximum absolute atomic E-state index is 13.0. The zero-order chi connectivity index (χ0) is 24.1. The quantitative estimate of drug-likeness (QED) is 0.429. The Kier molecular flexibility index (Phi) is 7.26. The highest BCUT2D eigenvalue weighted by Gasteiger charge is 2.28. The molecule has 0 bridgehead atoms. The van der Waals surface area contributed by atoms with E-state index in [4.69, 9.17) is 4.42 Å². The van der Waals surface area contributed by atoms with E-state index in [0.717, 1.165) is 66.0 Å². The molecule has 1 aromatic heterocycles. The van der Waals surface area contributed by atoms with Crippen LogP contribution < -0.4 is 10.7 Å². The lowest BCUT2D eigenvalue weighted by Gasteiger charge is -2.13. The van der Waals surface area contributed by atoms with Crippen molar-refractivity contribution < 1.29 is 14.0 Å². The number of unbranched alkanes of at least 4 members (excludes halogenated alkanes) is 1. The molecule has 176 valence electrons. The SMILES string of the molecule is CCCCc1ccc(NC(=O)c2oc3c(c2C)/C(=N/NC(=O)c2ccc(C)cc2)CCC3)cc1. The van der Waals surface area contributed by atoms with Crippen molar-refractivity contribution in [1.29, 1.82) is 0 Å². The molecule has 6 nitrogen and oxygen atoms in total. The molecule has 0 spiro atoms. The van der Waals surface area contributed by atoms with Crippen LogP contribution in [0.5, 0.6) is 0 Å². The van der Waals surface area contributed by atoms with Crippen LogP contribution in [0.25, 0.3) is 0 Å². The first kappa shape index (κ1) is 23.5. The van der Waals surface area contributed by atoms with Crippen molar-refractivity contribution in [2.24, 2.45) is 5.10 Å². The Hall–Kier alpha value is -3.67. The van der Waals surface area contributed by atoms with Crippen molar-refractivity contribution in [1.82, 2.24) is 5.43 Å². The molecule has 0 saturated carbocycles. The summed E-state index contributed by atoms with van der Waals surface area (Å²) >= 11 is 0. The summed E-state index contributed by atoms with van der Waals surface area (Å²) in [6.07, 6.45) is 5.64. The zero-order valence-corrected chi connectivity index (χ0v) is 20.0. The van der Waals surface area contributed by atoms with Gasteiger partial charge in [0.15, 0.2) is 5.76 Å². The molecule has 0 radical (unpaired) electrons. The Labute approximate surface area is 200 Å². The van der Waals surface area contributed by atoms with Crippen LogP contribution in [0.2, 0.25) is 0 Å². The Morgan fingerprint density at radius 1 is 0.971 bits per heavy atom. The number of amides is 2. The van der Waals surface area contributed by atoms with Gasteiger partial charge in [0.25, 0.3) is 11.8 Å². The molecule has 2 amide bonds. The Bertz CT molecular complexity index is 1200. The van der Waals surface area contributed by atoms with Gasteiger partial charge in [0, 0.05) is 28.8 Å². The molecule has 1 aliphatic carbocycles. The van der Waals surface area contributed by atoms with Gasteiger partial charge in [-0.25, -0.2) is 5.43 Å². The van der Waals surface area contributed by atoms with Crippen molar-refractivity contribution in [3.8, 4) is 0 Å². The number of hydrogen-bond donors (Lipinski definition) is 2. The fourth-order valence-electron chi connectivity index (χ4n) is 4.21. The molecule has 3 aromatic rings. The molecule has 2 N–H and O–H groups in total. The van der Waals surface area contributed by atoms with Crippen LogP contribution in [-0.2, 0) is 12.8 Å². The summed E-state index contributed by atoms with van der Waals surface area (Å²) in [5.74, 6) is 0.490. The second-order valence-corrected chi connectivity index (χ2v) is 8.83. The summed E-state index contributed by atoms with van der Waals surface area (Å²) in [6, 6.07) is 15.3. The van der Waals surface area contributed by atoms with Crippen molar-refractivity contribution >= 4 is 23.2 Å². The maximum Gasteiger partial charge on any atom is 0.291 e. The summed E-state index contributed by atoms with van der Waals surface area (Å²) in [5, 5.41) is 7.34. The van der Waals surface area contributed by atoms with Crippen LogP contribution in [0, 0.1) is 13.8 Å². The van der Waals surface area contributed by atoms with Gasteiger partial charge < -0.3 is 9.73 Å². The number of aryl methyl sites for hydroxylation is 3. The molecule has 2 aromatic carbocycles. The third-order valence-electron chi connectivity index (χ3n) is 6.17. The summed E-state index contributed by atoms with van der Waals surface area (Å²) in [4.78, 5) is 25.5. The third-order valence-corrected chi connectivity index (χ3v) is 6.17. The van der Waals surface area contributed by atoms with Crippen molar-refractivity contribution in [2.75, 3.05) is 5.32 Å². The summed E-state index contributed by atoms with van der Waals surface area (Å²) < 4.78 is 5.98. The first-order valence-corrected chi connectivity index (χ1v) is 11.9. The van der Waals surface area contributed by atoms with Gasteiger partial charge in [-0.1, -0.05) is 43.2 Å². The van der Waals surface area contributed by atoms with E-state index in [1.54, 1.807) is 12.1 Å². The number of anilines is 1. The van der Waals surface area contributed by atoms with E-state index in [-0.39, 0.29) is 11.8 Å². The molecular formula is C28H31N3O3. The second-order valence-electron chi connectivity index (χ2n) is 8.83. The number of hydrazone groups is 1. The lowest BCUT2D eigenvalue weighted by Crippen LogP contribution is -2.22. The molecule has 0 unspecified atom stereocenters. The summed E-state index contributed by atoms with van der Waals surface area (Å²) in [6.45, 7) is 6.02. The van der Waals surface area contributed by atoms with E-state index in [1.165, 1.54) is 5.56 Å². The van der Waals surface area contributed by atoms with E-state index in [1.807, 2.05) is 50.2 Å². The van der Waals surface area contributed by atoms with E-state index >= 15 is 0 Å². The second kappa shape index (κ2) is 10.5. The van der Waals surface area contributed by atoms with Crippen LogP contribution >= 0.6 is 0 Å².